The van der Waals surface area contributed by atoms with E-state index in [2.05, 4.69) is 15.5 Å². The number of hydrogen-bond acceptors (Lipinski definition) is 7. The van der Waals surface area contributed by atoms with Gasteiger partial charge in [0.15, 0.2) is 11.4 Å². The van der Waals surface area contributed by atoms with Gasteiger partial charge in [-0.15, -0.1) is 0 Å². The lowest BCUT2D eigenvalue weighted by Crippen LogP contribution is -2.34. The number of anilines is 1. The number of aliphatic hydroxyl groups is 1. The first-order valence-electron chi connectivity index (χ1n) is 8.80. The fourth-order valence-electron chi connectivity index (χ4n) is 3.40. The van der Waals surface area contributed by atoms with Crippen molar-refractivity contribution < 1.29 is 22.8 Å². The summed E-state index contributed by atoms with van der Waals surface area (Å²) in [6, 6.07) is 4.66. The number of carbonyl (C=O) groups excluding carboxylic acids is 1. The predicted molar refractivity (Wildman–Crippen MR) is 94.3 cm³/mol. The molecule has 9 nitrogen and oxygen atoms in total. The van der Waals surface area contributed by atoms with Crippen LogP contribution in [0, 0.1) is 0 Å². The van der Waals surface area contributed by atoms with Crippen LogP contribution >= 0.6 is 0 Å². The van der Waals surface area contributed by atoms with Gasteiger partial charge in [0.1, 0.15) is 0 Å². The van der Waals surface area contributed by atoms with Crippen molar-refractivity contribution >= 4 is 21.6 Å². The first kappa shape index (κ1) is 18.1. The van der Waals surface area contributed by atoms with Gasteiger partial charge >= 0.3 is 0 Å². The topological polar surface area (TPSA) is 126 Å². The van der Waals surface area contributed by atoms with Crippen molar-refractivity contribution in [2.75, 3.05) is 18.4 Å². The minimum absolute atomic E-state index is 0.0465. The van der Waals surface area contributed by atoms with E-state index >= 15 is 0 Å². The molecule has 1 atom stereocenters. The number of rotatable bonds is 4. The molecule has 2 aliphatic rings. The second-order valence-corrected chi connectivity index (χ2v) is 8.79. The molecule has 3 heterocycles. The number of amides is 1. The molecule has 0 spiro atoms. The number of aromatic nitrogens is 2. The van der Waals surface area contributed by atoms with E-state index in [1.165, 1.54) is 10.4 Å². The zero-order valence-corrected chi connectivity index (χ0v) is 15.6. The van der Waals surface area contributed by atoms with E-state index in [0.29, 0.717) is 30.8 Å². The Labute approximate surface area is 156 Å². The zero-order valence-electron chi connectivity index (χ0n) is 14.8. The molecule has 1 aromatic carbocycles. The lowest BCUT2D eigenvalue weighted by Gasteiger charge is -2.21. The van der Waals surface area contributed by atoms with Crippen LogP contribution in [0.15, 0.2) is 27.6 Å². The molecule has 2 aliphatic heterocycles. The number of benzene rings is 1. The Kier molecular flexibility index (Phi) is 4.28. The Morgan fingerprint density at radius 3 is 2.93 bits per heavy atom. The molecule has 0 radical (unpaired) electrons. The monoisotopic (exact) mass is 392 g/mol. The fraction of sp³-hybridized carbons (Fsp3) is 0.471. The van der Waals surface area contributed by atoms with Crippen LogP contribution < -0.4 is 5.32 Å². The molecule has 4 rings (SSSR count). The third-order valence-corrected chi connectivity index (χ3v) is 6.85. The maximum Gasteiger partial charge on any atom is 0.260 e. The molecule has 27 heavy (non-hydrogen) atoms. The highest BCUT2D eigenvalue weighted by atomic mass is 32.2. The second kappa shape index (κ2) is 6.39. The summed E-state index contributed by atoms with van der Waals surface area (Å²) >= 11 is 0. The molecule has 1 aromatic heterocycles. The average molecular weight is 392 g/mol. The first-order valence-corrected chi connectivity index (χ1v) is 10.2. The molecule has 144 valence electrons. The normalized spacial score (nSPS) is 23.3. The quantitative estimate of drug-likeness (QED) is 0.788. The Morgan fingerprint density at radius 1 is 1.37 bits per heavy atom. The highest BCUT2D eigenvalue weighted by molar-refractivity contribution is 7.89. The van der Waals surface area contributed by atoms with Crippen LogP contribution in [0.25, 0.3) is 0 Å². The van der Waals surface area contributed by atoms with Gasteiger partial charge < -0.3 is 14.9 Å². The van der Waals surface area contributed by atoms with Crippen LogP contribution in [0.4, 0.5) is 5.69 Å². The molecule has 0 unspecified atom stereocenters. The smallest absolute Gasteiger partial charge is 0.260 e. The number of hydrogen-bond donors (Lipinski definition) is 2. The summed E-state index contributed by atoms with van der Waals surface area (Å²) in [6.07, 6.45) is 1.57. The van der Waals surface area contributed by atoms with Gasteiger partial charge in [-0.3, -0.25) is 4.79 Å². The molecule has 1 fully saturated rings. The Bertz CT molecular complexity index is 1000. The molecule has 0 saturated carbocycles. The van der Waals surface area contributed by atoms with E-state index in [-0.39, 0.29) is 36.2 Å². The van der Waals surface area contributed by atoms with Gasteiger partial charge in [0.25, 0.3) is 5.89 Å². The first-order chi connectivity index (χ1) is 12.8. The summed E-state index contributed by atoms with van der Waals surface area (Å²) in [7, 11) is -3.79. The summed E-state index contributed by atoms with van der Waals surface area (Å²) in [6.45, 7) is 1.87. The van der Waals surface area contributed by atoms with E-state index in [1.807, 2.05) is 6.92 Å². The zero-order chi connectivity index (χ0) is 19.2. The standard InChI is InChI=1S/C17H20N4O5S/c1-2-14-19-16(26-20-14)17(23)7-8-21(10-17)27(24,25)12-4-5-13-11(9-12)3-6-15(22)18-13/h4-5,9,23H,2-3,6-8,10H2,1H3,(H,18,22)/t17-/m1/s1. The summed E-state index contributed by atoms with van der Waals surface area (Å²) < 4.78 is 32.4. The molecule has 10 heteroatoms. The van der Waals surface area contributed by atoms with Crippen LogP contribution in [-0.4, -0.2) is 47.0 Å². The van der Waals surface area contributed by atoms with E-state index in [9.17, 15) is 18.3 Å². The molecule has 1 saturated heterocycles. The third-order valence-electron chi connectivity index (χ3n) is 5.01. The van der Waals surface area contributed by atoms with Crippen LogP contribution in [0.1, 0.15) is 37.0 Å². The van der Waals surface area contributed by atoms with Crippen LogP contribution in [0.3, 0.4) is 0 Å². The van der Waals surface area contributed by atoms with Crippen LogP contribution in [0.5, 0.6) is 0 Å². The van der Waals surface area contributed by atoms with Gasteiger partial charge in [-0.1, -0.05) is 12.1 Å². The van der Waals surface area contributed by atoms with Crippen molar-refractivity contribution in [3.8, 4) is 0 Å². The SMILES string of the molecule is CCc1noc([C@@]2(O)CCN(S(=O)(=O)c3ccc4c(c3)CCC(=O)N4)C2)n1. The van der Waals surface area contributed by atoms with E-state index in [4.69, 9.17) is 4.52 Å². The highest BCUT2D eigenvalue weighted by Gasteiger charge is 2.46. The van der Waals surface area contributed by atoms with Crippen LogP contribution in [-0.2, 0) is 33.3 Å². The van der Waals surface area contributed by atoms with Crippen molar-refractivity contribution in [2.45, 2.75) is 43.1 Å². The molecule has 1 amide bonds. The van der Waals surface area contributed by atoms with Gasteiger partial charge in [-0.05, 0) is 30.2 Å². The van der Waals surface area contributed by atoms with E-state index < -0.39 is 15.6 Å². The molecule has 2 aromatic rings. The lowest BCUT2D eigenvalue weighted by atomic mass is 10.0. The van der Waals surface area contributed by atoms with E-state index in [1.54, 1.807) is 12.1 Å². The summed E-state index contributed by atoms with van der Waals surface area (Å²) in [4.78, 5) is 15.7. The molecular weight excluding hydrogens is 372 g/mol. The summed E-state index contributed by atoms with van der Waals surface area (Å²) in [5.74, 6) is 0.440. The maximum atomic E-state index is 13.0. The summed E-state index contributed by atoms with van der Waals surface area (Å²) in [5, 5.41) is 17.3. The van der Waals surface area contributed by atoms with Crippen molar-refractivity contribution in [3.05, 3.63) is 35.5 Å². The van der Waals surface area contributed by atoms with E-state index in [0.717, 1.165) is 5.56 Å². The average Bonchev–Trinajstić information content (AvgIpc) is 3.29. The van der Waals surface area contributed by atoms with Crippen molar-refractivity contribution in [1.82, 2.24) is 14.4 Å². The number of fused-ring (bicyclic) bond motifs is 1. The van der Waals surface area contributed by atoms with Gasteiger partial charge in [0.05, 0.1) is 11.4 Å². The Balaban J connectivity index is 1.59. The predicted octanol–water partition coefficient (Wildman–Crippen LogP) is 0.799. The number of aryl methyl sites for hydroxylation is 2. The Hall–Kier alpha value is -2.30. The number of β-amino-alcohol motifs (C(OH)–C–C–N with tert-alkyl or cyclic N) is 1. The lowest BCUT2D eigenvalue weighted by molar-refractivity contribution is -0.116. The largest absolute Gasteiger partial charge is 0.379 e. The molecule has 0 aliphatic carbocycles. The third kappa shape index (κ3) is 3.13. The van der Waals surface area contributed by atoms with Crippen molar-refractivity contribution in [3.63, 3.8) is 0 Å². The second-order valence-electron chi connectivity index (χ2n) is 6.86. The van der Waals surface area contributed by atoms with Gasteiger partial charge in [-0.2, -0.15) is 9.29 Å². The van der Waals surface area contributed by atoms with Crippen LogP contribution in [0.2, 0.25) is 0 Å². The number of carbonyl (C=O) groups is 1. The van der Waals surface area contributed by atoms with Gasteiger partial charge in [0.2, 0.25) is 15.9 Å². The Morgan fingerprint density at radius 2 is 2.19 bits per heavy atom. The highest BCUT2D eigenvalue weighted by Crippen LogP contribution is 2.35. The number of sulfonamides is 1. The maximum absolute atomic E-state index is 13.0. The minimum Gasteiger partial charge on any atom is -0.379 e. The molecule has 2 N–H and O–H groups in total. The number of nitrogens with one attached hydrogen (secondary N) is 1. The van der Waals surface area contributed by atoms with Gasteiger partial charge in [0, 0.05) is 31.5 Å². The minimum atomic E-state index is -3.79. The molecular formula is C17H20N4O5S. The number of nitrogens with zero attached hydrogens (tertiary/aromatic N) is 3. The fourth-order valence-corrected chi connectivity index (χ4v) is 4.94. The van der Waals surface area contributed by atoms with Crippen molar-refractivity contribution in [1.29, 1.82) is 0 Å². The molecule has 0 bridgehead atoms. The summed E-state index contributed by atoms with van der Waals surface area (Å²) in [5.41, 5.74) is -0.0638. The van der Waals surface area contributed by atoms with Crippen molar-refractivity contribution in [2.24, 2.45) is 0 Å². The van der Waals surface area contributed by atoms with Gasteiger partial charge in [-0.25, -0.2) is 8.42 Å².